The number of furan rings is 1. The molecule has 0 aromatic carbocycles. The molecule has 1 unspecified atom stereocenters. The number of methoxy groups -OCH3 is 1. The molecule has 0 spiro atoms. The van der Waals surface area contributed by atoms with Crippen LogP contribution < -0.4 is 5.32 Å². The molecule has 1 aliphatic rings. The number of hydrogen-bond acceptors (Lipinski definition) is 8. The van der Waals surface area contributed by atoms with Crippen molar-refractivity contribution < 1.29 is 18.7 Å². The van der Waals surface area contributed by atoms with Gasteiger partial charge in [-0.25, -0.2) is 4.79 Å². The third-order valence-corrected chi connectivity index (χ3v) is 7.39. The minimum Gasteiger partial charge on any atom is -0.465 e. The minimum atomic E-state index is -0.408. The summed E-state index contributed by atoms with van der Waals surface area (Å²) in [5, 5.41) is 12.5. The second-order valence-corrected chi connectivity index (χ2v) is 9.61. The fourth-order valence-electron chi connectivity index (χ4n) is 3.73. The smallest absolute Gasteiger partial charge is 0.341 e. The largest absolute Gasteiger partial charge is 0.465 e. The Morgan fingerprint density at radius 1 is 1.47 bits per heavy atom. The van der Waals surface area contributed by atoms with E-state index in [0.29, 0.717) is 39.8 Å². The Morgan fingerprint density at radius 2 is 2.31 bits per heavy atom. The van der Waals surface area contributed by atoms with E-state index in [1.165, 1.54) is 30.2 Å². The molecular weight excluding hydrogens is 448 g/mol. The Kier molecular flexibility index (Phi) is 6.80. The number of rotatable bonds is 8. The van der Waals surface area contributed by atoms with Gasteiger partial charge in [0.25, 0.3) is 0 Å². The summed E-state index contributed by atoms with van der Waals surface area (Å²) < 4.78 is 12.3. The number of thioether (sulfide) groups is 1. The first-order valence-electron chi connectivity index (χ1n) is 10.2. The van der Waals surface area contributed by atoms with Gasteiger partial charge in [-0.2, -0.15) is 0 Å². The molecule has 0 saturated carbocycles. The van der Waals surface area contributed by atoms with Gasteiger partial charge >= 0.3 is 5.97 Å². The predicted molar refractivity (Wildman–Crippen MR) is 124 cm³/mol. The molecule has 10 heteroatoms. The van der Waals surface area contributed by atoms with Crippen molar-refractivity contribution in [3.63, 3.8) is 0 Å². The summed E-state index contributed by atoms with van der Waals surface area (Å²) in [5.41, 5.74) is 1.50. The summed E-state index contributed by atoms with van der Waals surface area (Å²) in [6, 6.07) is 3.58. The molecule has 0 aliphatic heterocycles. The average molecular weight is 473 g/mol. The Bertz CT molecular complexity index is 1130. The van der Waals surface area contributed by atoms with E-state index in [0.717, 1.165) is 29.7 Å². The number of aromatic nitrogens is 3. The number of amides is 1. The molecule has 32 heavy (non-hydrogen) atoms. The van der Waals surface area contributed by atoms with Crippen molar-refractivity contribution in [2.75, 3.05) is 18.2 Å². The van der Waals surface area contributed by atoms with Crippen LogP contribution >= 0.6 is 23.1 Å². The number of allylic oxidation sites excluding steroid dienone is 1. The zero-order valence-electron chi connectivity index (χ0n) is 17.9. The van der Waals surface area contributed by atoms with Crippen LogP contribution in [0.1, 0.15) is 34.1 Å². The van der Waals surface area contributed by atoms with E-state index in [1.54, 1.807) is 24.5 Å². The van der Waals surface area contributed by atoms with Gasteiger partial charge in [-0.05, 0) is 42.9 Å². The normalized spacial score (nSPS) is 15.2. The van der Waals surface area contributed by atoms with Crippen LogP contribution in [0.15, 0.2) is 40.6 Å². The van der Waals surface area contributed by atoms with Crippen LogP contribution in [0.2, 0.25) is 0 Å². The Labute approximate surface area is 194 Å². The van der Waals surface area contributed by atoms with Gasteiger partial charge in [0.05, 0.1) is 24.7 Å². The van der Waals surface area contributed by atoms with E-state index in [-0.39, 0.29) is 11.7 Å². The zero-order valence-corrected chi connectivity index (χ0v) is 19.6. The van der Waals surface area contributed by atoms with Crippen LogP contribution in [0.25, 0.3) is 11.6 Å². The maximum atomic E-state index is 12.8. The molecule has 3 aromatic heterocycles. The quantitative estimate of drug-likeness (QED) is 0.294. The van der Waals surface area contributed by atoms with Crippen molar-refractivity contribution in [1.29, 1.82) is 0 Å². The first-order valence-corrected chi connectivity index (χ1v) is 12.1. The highest BCUT2D eigenvalue weighted by Gasteiger charge is 2.29. The number of nitrogens with one attached hydrogen (secondary N) is 1. The maximum absolute atomic E-state index is 12.8. The van der Waals surface area contributed by atoms with Crippen LogP contribution in [-0.4, -0.2) is 39.5 Å². The summed E-state index contributed by atoms with van der Waals surface area (Å²) in [6.45, 7) is 6.47. The second kappa shape index (κ2) is 9.74. The van der Waals surface area contributed by atoms with Crippen molar-refractivity contribution in [3.05, 3.63) is 47.1 Å². The Hall–Kier alpha value is -2.85. The highest BCUT2D eigenvalue weighted by molar-refractivity contribution is 7.99. The number of fused-ring (bicyclic) bond motifs is 1. The summed E-state index contributed by atoms with van der Waals surface area (Å²) in [6.07, 6.45) is 6.06. The van der Waals surface area contributed by atoms with Gasteiger partial charge in [0.2, 0.25) is 11.7 Å². The van der Waals surface area contributed by atoms with Gasteiger partial charge in [-0.15, -0.1) is 28.1 Å². The number of carbonyl (C=O) groups is 2. The number of esters is 1. The first-order chi connectivity index (χ1) is 15.5. The van der Waals surface area contributed by atoms with Crippen molar-refractivity contribution in [2.24, 2.45) is 5.92 Å². The Morgan fingerprint density at radius 3 is 3.03 bits per heavy atom. The standard InChI is InChI=1S/C22H24N4O4S2/c1-4-9-26-19(15-6-5-10-30-15)24-25-22(26)31-12-17(27)23-20-18(21(28)29-3)14-8-7-13(2)11-16(14)32-20/h4-6,10,13H,1,7-9,11-12H2,2-3H3,(H,23,27). The SMILES string of the molecule is C=CCn1c(SCC(=O)Nc2sc3c(c2C(=O)OC)CCC(C)C3)nnc1-c1ccco1. The molecule has 168 valence electrons. The average Bonchev–Trinajstić information content (AvgIpc) is 3.50. The van der Waals surface area contributed by atoms with Crippen LogP contribution in [0.5, 0.6) is 0 Å². The molecule has 0 saturated heterocycles. The van der Waals surface area contributed by atoms with Gasteiger partial charge < -0.3 is 14.5 Å². The molecule has 0 radical (unpaired) electrons. The van der Waals surface area contributed by atoms with Gasteiger partial charge in [0.1, 0.15) is 5.00 Å². The lowest BCUT2D eigenvalue weighted by Crippen LogP contribution is -2.17. The monoisotopic (exact) mass is 472 g/mol. The summed E-state index contributed by atoms with van der Waals surface area (Å²) in [5.74, 6) is 1.22. The molecule has 3 aromatic rings. The topological polar surface area (TPSA) is 99.2 Å². The molecule has 1 atom stereocenters. The van der Waals surface area contributed by atoms with Gasteiger partial charge in [0.15, 0.2) is 10.9 Å². The van der Waals surface area contributed by atoms with Gasteiger partial charge in [-0.3, -0.25) is 9.36 Å². The fourth-order valence-corrected chi connectivity index (χ4v) is 5.89. The number of thiophene rings is 1. The molecule has 4 rings (SSSR count). The van der Waals surface area contributed by atoms with Crippen molar-refractivity contribution in [3.8, 4) is 11.6 Å². The van der Waals surface area contributed by atoms with E-state index in [1.807, 2.05) is 4.57 Å². The van der Waals surface area contributed by atoms with Crippen molar-refractivity contribution in [1.82, 2.24) is 14.8 Å². The van der Waals surface area contributed by atoms with E-state index < -0.39 is 5.97 Å². The molecule has 8 nitrogen and oxygen atoms in total. The van der Waals surface area contributed by atoms with E-state index >= 15 is 0 Å². The molecule has 3 heterocycles. The third-order valence-electron chi connectivity index (χ3n) is 5.26. The van der Waals surface area contributed by atoms with Crippen LogP contribution in [-0.2, 0) is 28.9 Å². The number of carbonyl (C=O) groups excluding carboxylic acids is 2. The fraction of sp³-hybridized carbons (Fsp3) is 0.364. The number of hydrogen-bond donors (Lipinski definition) is 1. The number of ether oxygens (including phenoxy) is 1. The van der Waals surface area contributed by atoms with Gasteiger partial charge in [0, 0.05) is 11.4 Å². The van der Waals surface area contributed by atoms with E-state index in [4.69, 9.17) is 9.15 Å². The molecule has 1 N–H and O–H groups in total. The van der Waals surface area contributed by atoms with Gasteiger partial charge in [-0.1, -0.05) is 24.8 Å². The zero-order chi connectivity index (χ0) is 22.7. The molecule has 0 fully saturated rings. The van der Waals surface area contributed by atoms with Crippen LogP contribution in [0, 0.1) is 5.92 Å². The summed E-state index contributed by atoms with van der Waals surface area (Å²) >= 11 is 2.74. The maximum Gasteiger partial charge on any atom is 0.341 e. The highest BCUT2D eigenvalue weighted by atomic mass is 32.2. The Balaban J connectivity index is 1.49. The second-order valence-electron chi connectivity index (χ2n) is 7.57. The summed E-state index contributed by atoms with van der Waals surface area (Å²) in [7, 11) is 1.36. The lowest BCUT2D eigenvalue weighted by Gasteiger charge is -2.18. The number of nitrogens with zero attached hydrogens (tertiary/aromatic N) is 3. The summed E-state index contributed by atoms with van der Waals surface area (Å²) in [4.78, 5) is 26.3. The lowest BCUT2D eigenvalue weighted by molar-refractivity contribution is -0.113. The van der Waals surface area contributed by atoms with Crippen LogP contribution in [0.4, 0.5) is 5.00 Å². The first kappa shape index (κ1) is 22.3. The molecule has 1 amide bonds. The minimum absolute atomic E-state index is 0.118. The van der Waals surface area contributed by atoms with E-state index in [2.05, 4.69) is 29.0 Å². The van der Waals surface area contributed by atoms with Crippen molar-refractivity contribution in [2.45, 2.75) is 37.9 Å². The third kappa shape index (κ3) is 4.51. The molecule has 0 bridgehead atoms. The number of anilines is 1. The van der Waals surface area contributed by atoms with Crippen LogP contribution in [0.3, 0.4) is 0 Å². The lowest BCUT2D eigenvalue weighted by atomic mass is 9.88. The molecular formula is C22H24N4O4S2. The highest BCUT2D eigenvalue weighted by Crippen LogP contribution is 2.40. The van der Waals surface area contributed by atoms with Crippen molar-refractivity contribution >= 4 is 40.0 Å². The predicted octanol–water partition coefficient (Wildman–Crippen LogP) is 4.43. The van der Waals surface area contributed by atoms with E-state index in [9.17, 15) is 9.59 Å². The molecule has 1 aliphatic carbocycles.